The van der Waals surface area contributed by atoms with Crippen LogP contribution in [-0.4, -0.2) is 5.91 Å². The Bertz CT molecular complexity index is 641. The van der Waals surface area contributed by atoms with Gasteiger partial charge >= 0.3 is 0 Å². The maximum Gasteiger partial charge on any atom is 0.256 e. The third-order valence-electron chi connectivity index (χ3n) is 2.63. The molecule has 19 heavy (non-hydrogen) atoms. The number of carbonyl (C=O) groups is 1. The normalized spacial score (nSPS) is 10.3. The summed E-state index contributed by atoms with van der Waals surface area (Å²) in [7, 11) is 0. The lowest BCUT2D eigenvalue weighted by molar-refractivity contribution is 0.102. The monoisotopic (exact) mass is 382 g/mol. The fourth-order valence-corrected chi connectivity index (χ4v) is 2.66. The molecule has 3 nitrogen and oxygen atoms in total. The first-order valence-corrected chi connectivity index (χ1v) is 7.18. The number of amides is 1. The van der Waals surface area contributed by atoms with E-state index in [-0.39, 0.29) is 5.91 Å². The second-order valence-electron chi connectivity index (χ2n) is 4.17. The fourth-order valence-electron chi connectivity index (χ4n) is 1.61. The van der Waals surface area contributed by atoms with Crippen LogP contribution in [0.5, 0.6) is 0 Å². The van der Waals surface area contributed by atoms with Crippen molar-refractivity contribution in [3.05, 3.63) is 56.5 Å². The lowest BCUT2D eigenvalue weighted by Gasteiger charge is -2.08. The van der Waals surface area contributed by atoms with Gasteiger partial charge in [-0.2, -0.15) is 0 Å². The van der Waals surface area contributed by atoms with Crippen LogP contribution in [0.2, 0.25) is 0 Å². The molecular weight excluding hydrogens is 372 g/mol. The molecule has 2 rings (SSSR count). The average molecular weight is 384 g/mol. The van der Waals surface area contributed by atoms with Crippen LogP contribution < -0.4 is 11.1 Å². The molecule has 0 radical (unpaired) electrons. The average Bonchev–Trinajstić information content (AvgIpc) is 2.33. The molecule has 0 spiro atoms. The van der Waals surface area contributed by atoms with Crippen LogP contribution in [0.15, 0.2) is 45.3 Å². The molecule has 5 heteroatoms. The number of nitrogen functional groups attached to an aromatic ring is 1. The van der Waals surface area contributed by atoms with E-state index in [2.05, 4.69) is 37.2 Å². The zero-order valence-corrected chi connectivity index (χ0v) is 13.4. The van der Waals surface area contributed by atoms with Gasteiger partial charge in [0.1, 0.15) is 0 Å². The van der Waals surface area contributed by atoms with Crippen molar-refractivity contribution in [2.24, 2.45) is 0 Å². The summed E-state index contributed by atoms with van der Waals surface area (Å²) in [5.74, 6) is -0.163. The number of benzene rings is 2. The van der Waals surface area contributed by atoms with Gasteiger partial charge in [0.05, 0.1) is 5.56 Å². The first-order valence-electron chi connectivity index (χ1n) is 5.60. The molecule has 0 saturated carbocycles. The summed E-state index contributed by atoms with van der Waals surface area (Å²) in [4.78, 5) is 12.2. The van der Waals surface area contributed by atoms with E-state index in [1.807, 2.05) is 19.1 Å². The minimum atomic E-state index is -0.163. The van der Waals surface area contributed by atoms with Gasteiger partial charge in [0.15, 0.2) is 0 Å². The number of anilines is 2. The van der Waals surface area contributed by atoms with E-state index in [1.54, 1.807) is 24.3 Å². The molecule has 1 amide bonds. The van der Waals surface area contributed by atoms with Crippen LogP contribution in [0, 0.1) is 6.92 Å². The van der Waals surface area contributed by atoms with Gasteiger partial charge in [-0.05, 0) is 74.7 Å². The largest absolute Gasteiger partial charge is 0.398 e. The molecule has 0 heterocycles. The third kappa shape index (κ3) is 3.36. The van der Waals surface area contributed by atoms with Crippen LogP contribution in [-0.2, 0) is 0 Å². The predicted octanol–water partition coefficient (Wildman–Crippen LogP) is 4.35. The maximum absolute atomic E-state index is 12.2. The smallest absolute Gasteiger partial charge is 0.256 e. The van der Waals surface area contributed by atoms with E-state index in [0.29, 0.717) is 16.9 Å². The molecule has 0 unspecified atom stereocenters. The highest BCUT2D eigenvalue weighted by atomic mass is 79.9. The highest BCUT2D eigenvalue weighted by molar-refractivity contribution is 9.11. The van der Waals surface area contributed by atoms with Gasteiger partial charge in [-0.15, -0.1) is 0 Å². The lowest BCUT2D eigenvalue weighted by Crippen LogP contribution is -2.12. The number of aryl methyl sites for hydroxylation is 1. The van der Waals surface area contributed by atoms with Gasteiger partial charge < -0.3 is 11.1 Å². The summed E-state index contributed by atoms with van der Waals surface area (Å²) >= 11 is 6.73. The molecule has 0 bridgehead atoms. The standard InChI is InChI=1S/C14H12Br2N2O/c1-8-2-4-10(11(15)6-8)14(19)18-9-3-5-13(17)12(16)7-9/h2-7H,17H2,1H3,(H,18,19). The minimum absolute atomic E-state index is 0.163. The number of hydrogen-bond donors (Lipinski definition) is 2. The molecule has 98 valence electrons. The van der Waals surface area contributed by atoms with Crippen molar-refractivity contribution < 1.29 is 4.79 Å². The fraction of sp³-hybridized carbons (Fsp3) is 0.0714. The zero-order valence-electron chi connectivity index (χ0n) is 10.2. The van der Waals surface area contributed by atoms with Crippen LogP contribution >= 0.6 is 31.9 Å². The van der Waals surface area contributed by atoms with E-state index in [0.717, 1.165) is 14.5 Å². The number of hydrogen-bond acceptors (Lipinski definition) is 2. The molecule has 0 aliphatic carbocycles. The van der Waals surface area contributed by atoms with Gasteiger partial charge in [0.25, 0.3) is 5.91 Å². The Morgan fingerprint density at radius 1 is 1.11 bits per heavy atom. The maximum atomic E-state index is 12.2. The topological polar surface area (TPSA) is 55.1 Å². The molecule has 0 aliphatic rings. The summed E-state index contributed by atoms with van der Waals surface area (Å²) in [6, 6.07) is 10.9. The molecule has 2 aromatic carbocycles. The van der Waals surface area contributed by atoms with Crippen molar-refractivity contribution in [2.75, 3.05) is 11.1 Å². The minimum Gasteiger partial charge on any atom is -0.398 e. The van der Waals surface area contributed by atoms with Crippen molar-refractivity contribution in [2.45, 2.75) is 6.92 Å². The van der Waals surface area contributed by atoms with Crippen molar-refractivity contribution in [1.29, 1.82) is 0 Å². The SMILES string of the molecule is Cc1ccc(C(=O)Nc2ccc(N)c(Br)c2)c(Br)c1. The molecule has 0 saturated heterocycles. The second kappa shape index (κ2) is 5.75. The summed E-state index contributed by atoms with van der Waals surface area (Å²) in [6.07, 6.45) is 0. The molecule has 0 aliphatic heterocycles. The molecule has 0 fully saturated rings. The summed E-state index contributed by atoms with van der Waals surface area (Å²) in [5.41, 5.74) is 8.72. The van der Waals surface area contributed by atoms with E-state index < -0.39 is 0 Å². The van der Waals surface area contributed by atoms with Crippen molar-refractivity contribution in [3.8, 4) is 0 Å². The van der Waals surface area contributed by atoms with Gasteiger partial charge in [0.2, 0.25) is 0 Å². The first-order chi connectivity index (χ1) is 8.97. The van der Waals surface area contributed by atoms with Crippen molar-refractivity contribution in [1.82, 2.24) is 0 Å². The van der Waals surface area contributed by atoms with Crippen LogP contribution in [0.4, 0.5) is 11.4 Å². The quantitative estimate of drug-likeness (QED) is 0.757. The highest BCUT2D eigenvalue weighted by Gasteiger charge is 2.10. The first kappa shape index (κ1) is 14.1. The third-order valence-corrected chi connectivity index (χ3v) is 3.97. The predicted molar refractivity (Wildman–Crippen MR) is 85.4 cm³/mol. The lowest BCUT2D eigenvalue weighted by atomic mass is 10.1. The van der Waals surface area contributed by atoms with E-state index in [1.165, 1.54) is 0 Å². The Balaban J connectivity index is 2.23. The Morgan fingerprint density at radius 2 is 1.84 bits per heavy atom. The molecular formula is C14H12Br2N2O. The summed E-state index contributed by atoms with van der Waals surface area (Å²) in [6.45, 7) is 1.98. The molecule has 0 atom stereocenters. The molecule has 0 aromatic heterocycles. The summed E-state index contributed by atoms with van der Waals surface area (Å²) < 4.78 is 1.53. The number of halogens is 2. The molecule has 3 N–H and O–H groups in total. The molecule has 2 aromatic rings. The second-order valence-corrected chi connectivity index (χ2v) is 5.88. The van der Waals surface area contributed by atoms with Gasteiger partial charge in [-0.25, -0.2) is 0 Å². The summed E-state index contributed by atoms with van der Waals surface area (Å²) in [5, 5.41) is 2.83. The highest BCUT2D eigenvalue weighted by Crippen LogP contribution is 2.24. The zero-order chi connectivity index (χ0) is 14.0. The Hall–Kier alpha value is -1.33. The van der Waals surface area contributed by atoms with Crippen LogP contribution in [0.25, 0.3) is 0 Å². The number of nitrogens with two attached hydrogens (primary N) is 1. The number of carbonyl (C=O) groups excluding carboxylic acids is 1. The Labute approximate surface area is 128 Å². The van der Waals surface area contributed by atoms with Crippen molar-refractivity contribution >= 4 is 49.1 Å². The van der Waals surface area contributed by atoms with Crippen molar-refractivity contribution in [3.63, 3.8) is 0 Å². The Kier molecular flexibility index (Phi) is 4.27. The van der Waals surface area contributed by atoms with E-state index in [4.69, 9.17) is 5.73 Å². The number of rotatable bonds is 2. The van der Waals surface area contributed by atoms with E-state index in [9.17, 15) is 4.79 Å². The van der Waals surface area contributed by atoms with Crippen LogP contribution in [0.1, 0.15) is 15.9 Å². The van der Waals surface area contributed by atoms with Gasteiger partial charge in [0, 0.05) is 20.3 Å². The van der Waals surface area contributed by atoms with Gasteiger partial charge in [-0.3, -0.25) is 4.79 Å². The van der Waals surface area contributed by atoms with E-state index >= 15 is 0 Å². The van der Waals surface area contributed by atoms with Gasteiger partial charge in [-0.1, -0.05) is 6.07 Å². The Morgan fingerprint density at radius 3 is 2.47 bits per heavy atom. The number of nitrogens with one attached hydrogen (secondary N) is 1. The van der Waals surface area contributed by atoms with Crippen LogP contribution in [0.3, 0.4) is 0 Å².